The molecule has 0 saturated carbocycles. The number of rotatable bonds is 4. The quantitative estimate of drug-likeness (QED) is 0.449. The van der Waals surface area contributed by atoms with Crippen molar-refractivity contribution >= 4 is 17.3 Å². The predicted molar refractivity (Wildman–Crippen MR) is 135 cm³/mol. The van der Waals surface area contributed by atoms with E-state index < -0.39 is 0 Å². The minimum Gasteiger partial charge on any atom is -0.369 e. The van der Waals surface area contributed by atoms with Crippen LogP contribution in [0.4, 0.5) is 11.4 Å². The molecule has 3 aromatic rings. The van der Waals surface area contributed by atoms with Gasteiger partial charge in [-0.2, -0.15) is 0 Å². The minimum absolute atomic E-state index is 0.0128. The van der Waals surface area contributed by atoms with E-state index in [-0.39, 0.29) is 17.4 Å². The zero-order chi connectivity index (χ0) is 22.9. The molecule has 166 valence electrons. The van der Waals surface area contributed by atoms with Crippen LogP contribution < -0.4 is 9.80 Å². The second kappa shape index (κ2) is 8.82. The smallest absolute Gasteiger partial charge is 0.258 e. The van der Waals surface area contributed by atoms with Crippen LogP contribution in [0.2, 0.25) is 0 Å². The molecule has 3 nitrogen and oxygen atoms in total. The van der Waals surface area contributed by atoms with Gasteiger partial charge >= 0.3 is 0 Å². The zero-order valence-electron chi connectivity index (χ0n) is 19.9. The van der Waals surface area contributed by atoms with Crippen LogP contribution in [0.25, 0.3) is 0 Å². The molecule has 2 atom stereocenters. The van der Waals surface area contributed by atoms with E-state index in [1.54, 1.807) is 0 Å². The summed E-state index contributed by atoms with van der Waals surface area (Å²) in [6.45, 7) is 12.0. The van der Waals surface area contributed by atoms with Crippen LogP contribution >= 0.6 is 0 Å². The van der Waals surface area contributed by atoms with E-state index >= 15 is 0 Å². The molecule has 0 bridgehead atoms. The number of hydrogen-bond acceptors (Lipinski definition) is 2. The normalized spacial score (nSPS) is 18.2. The second-order valence-electron chi connectivity index (χ2n) is 9.78. The van der Waals surface area contributed by atoms with E-state index in [1.165, 1.54) is 16.8 Å². The zero-order valence-corrected chi connectivity index (χ0v) is 19.9. The number of fused-ring (bicyclic) bond motifs is 1. The van der Waals surface area contributed by atoms with Gasteiger partial charge in [0.2, 0.25) is 0 Å². The molecule has 0 aromatic heterocycles. The average molecular weight is 427 g/mol. The van der Waals surface area contributed by atoms with Crippen LogP contribution in [0.15, 0.2) is 78.9 Å². The number of carbonyl (C=O) groups excluding carboxylic acids is 1. The molecule has 1 aliphatic rings. The van der Waals surface area contributed by atoms with Crippen molar-refractivity contribution in [3.05, 3.63) is 95.6 Å². The summed E-state index contributed by atoms with van der Waals surface area (Å²) in [6.07, 6.45) is 0.894. The van der Waals surface area contributed by atoms with Gasteiger partial charge in [0.25, 0.3) is 5.91 Å². The first-order chi connectivity index (χ1) is 15.3. The number of amides is 1. The van der Waals surface area contributed by atoms with Gasteiger partial charge in [0.05, 0.1) is 6.04 Å². The molecule has 1 heterocycles. The Hall–Kier alpha value is -3.07. The maximum absolute atomic E-state index is 14.0. The van der Waals surface area contributed by atoms with Gasteiger partial charge in [0.1, 0.15) is 0 Å². The van der Waals surface area contributed by atoms with Gasteiger partial charge in [-0.1, -0.05) is 69.3 Å². The van der Waals surface area contributed by atoms with Crippen molar-refractivity contribution in [3.8, 4) is 0 Å². The Labute approximate surface area is 192 Å². The summed E-state index contributed by atoms with van der Waals surface area (Å²) in [5, 5.41) is 0. The molecule has 1 amide bonds. The summed E-state index contributed by atoms with van der Waals surface area (Å²) >= 11 is 0. The van der Waals surface area contributed by atoms with E-state index in [0.717, 1.165) is 24.2 Å². The maximum Gasteiger partial charge on any atom is 0.258 e. The van der Waals surface area contributed by atoms with E-state index in [0.29, 0.717) is 6.04 Å². The van der Waals surface area contributed by atoms with Crippen molar-refractivity contribution in [3.63, 3.8) is 0 Å². The summed E-state index contributed by atoms with van der Waals surface area (Å²) in [7, 11) is 0. The van der Waals surface area contributed by atoms with Crippen LogP contribution in [0.3, 0.4) is 0 Å². The first-order valence-corrected chi connectivity index (χ1v) is 11.7. The highest BCUT2D eigenvalue weighted by atomic mass is 16.2. The van der Waals surface area contributed by atoms with Crippen LogP contribution in [0.5, 0.6) is 0 Å². The molecule has 0 radical (unpaired) electrons. The lowest BCUT2D eigenvalue weighted by Gasteiger charge is -2.44. The van der Waals surface area contributed by atoms with Crippen molar-refractivity contribution in [2.45, 2.75) is 58.5 Å². The topological polar surface area (TPSA) is 23.6 Å². The lowest BCUT2D eigenvalue weighted by molar-refractivity contribution is 0.0973. The van der Waals surface area contributed by atoms with Crippen molar-refractivity contribution in [1.82, 2.24) is 0 Å². The lowest BCUT2D eigenvalue weighted by Crippen LogP contribution is -2.45. The summed E-state index contributed by atoms with van der Waals surface area (Å²) in [5.74, 6) is 0.0496. The molecule has 1 aliphatic heterocycles. The molecule has 0 saturated heterocycles. The van der Waals surface area contributed by atoms with Crippen LogP contribution in [-0.4, -0.2) is 18.5 Å². The van der Waals surface area contributed by atoms with Gasteiger partial charge in [-0.05, 0) is 67.1 Å². The Morgan fingerprint density at radius 1 is 0.938 bits per heavy atom. The summed E-state index contributed by atoms with van der Waals surface area (Å²) in [5.41, 5.74) is 5.41. The molecular formula is C29H34N2O. The van der Waals surface area contributed by atoms with Gasteiger partial charge in [-0.25, -0.2) is 0 Å². The van der Waals surface area contributed by atoms with Crippen LogP contribution in [0, 0.1) is 0 Å². The van der Waals surface area contributed by atoms with Gasteiger partial charge in [0.15, 0.2) is 0 Å². The molecule has 3 heteroatoms. The first-order valence-electron chi connectivity index (χ1n) is 11.7. The van der Waals surface area contributed by atoms with Crippen LogP contribution in [-0.2, 0) is 5.41 Å². The van der Waals surface area contributed by atoms with E-state index in [9.17, 15) is 4.79 Å². The van der Waals surface area contributed by atoms with Crippen molar-refractivity contribution in [2.75, 3.05) is 16.3 Å². The SMILES string of the molecule is CCN1c2ccccc2C(N(C(=O)c2ccc(C(C)(C)C)cc2)c2ccccc2)CC1C. The third-order valence-corrected chi connectivity index (χ3v) is 6.61. The standard InChI is InChI=1S/C29H34N2O/c1-6-30-21(2)20-27(25-14-10-11-15-26(25)30)31(24-12-8-7-9-13-24)28(32)22-16-18-23(19-17-22)29(3,4)5/h7-19,21,27H,6,20H2,1-5H3. The highest BCUT2D eigenvalue weighted by Gasteiger charge is 2.36. The number of benzene rings is 3. The molecule has 0 N–H and O–H groups in total. The summed E-state index contributed by atoms with van der Waals surface area (Å²) in [6, 6.07) is 27.1. The summed E-state index contributed by atoms with van der Waals surface area (Å²) in [4.78, 5) is 18.4. The first kappa shape index (κ1) is 22.1. The number of anilines is 2. The molecule has 4 rings (SSSR count). The second-order valence-corrected chi connectivity index (χ2v) is 9.78. The largest absolute Gasteiger partial charge is 0.369 e. The highest BCUT2D eigenvalue weighted by Crippen LogP contribution is 2.42. The summed E-state index contributed by atoms with van der Waals surface area (Å²) < 4.78 is 0. The molecule has 3 aromatic carbocycles. The fourth-order valence-electron chi connectivity index (χ4n) is 4.85. The van der Waals surface area contributed by atoms with E-state index in [2.05, 4.69) is 75.9 Å². The fraction of sp³-hybridized carbons (Fsp3) is 0.345. The average Bonchev–Trinajstić information content (AvgIpc) is 2.79. The van der Waals surface area contributed by atoms with Crippen molar-refractivity contribution in [2.24, 2.45) is 0 Å². The molecule has 0 aliphatic carbocycles. The maximum atomic E-state index is 14.0. The molecule has 2 unspecified atom stereocenters. The number of para-hydroxylation sites is 2. The molecule has 32 heavy (non-hydrogen) atoms. The van der Waals surface area contributed by atoms with E-state index in [1.807, 2.05) is 47.4 Å². The third kappa shape index (κ3) is 4.17. The van der Waals surface area contributed by atoms with Crippen molar-refractivity contribution in [1.29, 1.82) is 0 Å². The highest BCUT2D eigenvalue weighted by molar-refractivity contribution is 6.06. The Morgan fingerprint density at radius 2 is 1.56 bits per heavy atom. The van der Waals surface area contributed by atoms with Crippen LogP contribution in [0.1, 0.15) is 68.6 Å². The molecular weight excluding hydrogens is 392 g/mol. The number of carbonyl (C=O) groups is 1. The third-order valence-electron chi connectivity index (χ3n) is 6.61. The number of nitrogens with zero attached hydrogens (tertiary/aromatic N) is 2. The van der Waals surface area contributed by atoms with E-state index in [4.69, 9.17) is 0 Å². The lowest BCUT2D eigenvalue weighted by atomic mass is 9.86. The van der Waals surface area contributed by atoms with Gasteiger partial charge in [-0.15, -0.1) is 0 Å². The minimum atomic E-state index is -0.0128. The Balaban J connectivity index is 1.80. The Morgan fingerprint density at radius 3 is 2.19 bits per heavy atom. The molecule has 0 fully saturated rings. The molecule has 0 spiro atoms. The van der Waals surface area contributed by atoms with Crippen molar-refractivity contribution < 1.29 is 4.79 Å². The monoisotopic (exact) mass is 426 g/mol. The van der Waals surface area contributed by atoms with Gasteiger partial charge < -0.3 is 9.80 Å². The Kier molecular flexibility index (Phi) is 6.10. The number of hydrogen-bond donors (Lipinski definition) is 0. The van der Waals surface area contributed by atoms with Gasteiger partial charge in [0, 0.05) is 29.5 Å². The van der Waals surface area contributed by atoms with Gasteiger partial charge in [-0.3, -0.25) is 4.79 Å². The fourth-order valence-corrected chi connectivity index (χ4v) is 4.85. The predicted octanol–water partition coefficient (Wildman–Crippen LogP) is 6.99. The Bertz CT molecular complexity index is 1070.